The first kappa shape index (κ1) is 13.8. The van der Waals surface area contributed by atoms with E-state index in [1.54, 1.807) is 0 Å². The predicted octanol–water partition coefficient (Wildman–Crippen LogP) is 1.82. The number of fused-ring (bicyclic) bond motifs is 2. The van der Waals surface area contributed by atoms with Gasteiger partial charge in [0.25, 0.3) is 0 Å². The van der Waals surface area contributed by atoms with E-state index in [9.17, 15) is 14.4 Å². The molecule has 0 spiro atoms. The highest BCUT2D eigenvalue weighted by atomic mass is 16.2. The number of ketones is 2. The smallest absolute Gasteiger partial charge is 0.237 e. The second kappa shape index (κ2) is 4.15. The summed E-state index contributed by atoms with van der Waals surface area (Å²) in [7, 11) is 0. The van der Waals surface area contributed by atoms with E-state index in [4.69, 9.17) is 0 Å². The third kappa shape index (κ3) is 1.45. The Labute approximate surface area is 119 Å². The molecule has 1 amide bonds. The standard InChI is InChI=1S/C16H23NO3/c1-10-5-8-17(9-6-10)14(20)16-7-4-11(15(16,2)3)12(18)13(16)19/h10-11H,4-9H2,1-3H3. The molecule has 1 aliphatic heterocycles. The zero-order valence-electron chi connectivity index (χ0n) is 12.6. The summed E-state index contributed by atoms with van der Waals surface area (Å²) in [5.41, 5.74) is -1.57. The fourth-order valence-corrected chi connectivity index (χ4v) is 4.54. The van der Waals surface area contributed by atoms with Crippen molar-refractivity contribution in [2.24, 2.45) is 22.7 Å². The summed E-state index contributed by atoms with van der Waals surface area (Å²) < 4.78 is 0. The minimum atomic E-state index is -1.06. The maximum atomic E-state index is 13.0. The summed E-state index contributed by atoms with van der Waals surface area (Å²) in [6, 6.07) is 0. The van der Waals surface area contributed by atoms with Crippen LogP contribution in [0.25, 0.3) is 0 Å². The van der Waals surface area contributed by atoms with Gasteiger partial charge in [-0.1, -0.05) is 20.8 Å². The molecular formula is C16H23NO3. The van der Waals surface area contributed by atoms with E-state index in [1.165, 1.54) is 0 Å². The van der Waals surface area contributed by atoms with Gasteiger partial charge < -0.3 is 4.90 Å². The first-order valence-electron chi connectivity index (χ1n) is 7.70. The highest BCUT2D eigenvalue weighted by Crippen LogP contribution is 2.63. The number of rotatable bonds is 1. The summed E-state index contributed by atoms with van der Waals surface area (Å²) in [5.74, 6) is -0.403. The fourth-order valence-electron chi connectivity index (χ4n) is 4.54. The van der Waals surface area contributed by atoms with Crippen molar-refractivity contribution in [1.82, 2.24) is 4.90 Å². The number of Topliss-reactive ketones (excluding diaryl/α,β-unsaturated/α-hetero) is 2. The molecule has 4 nitrogen and oxygen atoms in total. The number of amides is 1. The lowest BCUT2D eigenvalue weighted by Crippen LogP contribution is -2.53. The van der Waals surface area contributed by atoms with Crippen molar-refractivity contribution in [3.63, 3.8) is 0 Å². The SMILES string of the molecule is CC1CCN(C(=O)C23CCC(C(=O)C2=O)C3(C)C)CC1. The molecule has 3 fully saturated rings. The molecule has 4 heteroatoms. The van der Waals surface area contributed by atoms with Crippen LogP contribution in [0, 0.1) is 22.7 Å². The van der Waals surface area contributed by atoms with Crippen LogP contribution in [0.1, 0.15) is 46.5 Å². The lowest BCUT2D eigenvalue weighted by atomic mass is 9.67. The van der Waals surface area contributed by atoms with Crippen molar-refractivity contribution in [3.8, 4) is 0 Å². The van der Waals surface area contributed by atoms with E-state index in [1.807, 2.05) is 18.7 Å². The molecule has 2 saturated carbocycles. The van der Waals surface area contributed by atoms with Gasteiger partial charge in [-0.2, -0.15) is 0 Å². The first-order valence-corrected chi connectivity index (χ1v) is 7.70. The lowest BCUT2D eigenvalue weighted by molar-refractivity contribution is -0.156. The van der Waals surface area contributed by atoms with E-state index in [-0.39, 0.29) is 17.6 Å². The summed E-state index contributed by atoms with van der Waals surface area (Å²) in [6.45, 7) is 7.50. The largest absolute Gasteiger partial charge is 0.342 e. The Hall–Kier alpha value is -1.19. The topological polar surface area (TPSA) is 54.5 Å². The van der Waals surface area contributed by atoms with Gasteiger partial charge in [-0.3, -0.25) is 14.4 Å². The first-order chi connectivity index (χ1) is 9.32. The van der Waals surface area contributed by atoms with Crippen molar-refractivity contribution < 1.29 is 14.4 Å². The highest BCUT2D eigenvalue weighted by molar-refractivity contribution is 6.47. The van der Waals surface area contributed by atoms with Crippen LogP contribution in [0.5, 0.6) is 0 Å². The molecule has 2 atom stereocenters. The molecule has 0 radical (unpaired) electrons. The molecule has 1 heterocycles. The van der Waals surface area contributed by atoms with Crippen LogP contribution < -0.4 is 0 Å². The second-order valence-corrected chi connectivity index (χ2v) is 7.39. The van der Waals surface area contributed by atoms with Crippen molar-refractivity contribution in [1.29, 1.82) is 0 Å². The van der Waals surface area contributed by atoms with E-state index >= 15 is 0 Å². The number of hydrogen-bond acceptors (Lipinski definition) is 3. The molecule has 0 aromatic rings. The van der Waals surface area contributed by atoms with Crippen molar-refractivity contribution in [3.05, 3.63) is 0 Å². The van der Waals surface area contributed by atoms with Gasteiger partial charge in [0, 0.05) is 19.0 Å². The second-order valence-electron chi connectivity index (χ2n) is 7.39. The third-order valence-corrected chi connectivity index (χ3v) is 6.14. The molecule has 20 heavy (non-hydrogen) atoms. The van der Waals surface area contributed by atoms with Gasteiger partial charge in [0.05, 0.1) is 0 Å². The van der Waals surface area contributed by atoms with Crippen LogP contribution in [0.15, 0.2) is 0 Å². The Morgan fingerprint density at radius 2 is 1.75 bits per heavy atom. The van der Waals surface area contributed by atoms with Gasteiger partial charge in [-0.15, -0.1) is 0 Å². The minimum Gasteiger partial charge on any atom is -0.342 e. The Kier molecular flexibility index (Phi) is 2.86. The van der Waals surface area contributed by atoms with Gasteiger partial charge in [0.15, 0.2) is 0 Å². The van der Waals surface area contributed by atoms with Gasteiger partial charge in [0.1, 0.15) is 5.41 Å². The molecule has 0 N–H and O–H groups in total. The number of piperidine rings is 1. The molecular weight excluding hydrogens is 254 g/mol. The Bertz CT molecular complexity index is 488. The number of nitrogens with zero attached hydrogens (tertiary/aromatic N) is 1. The van der Waals surface area contributed by atoms with Crippen molar-refractivity contribution in [2.45, 2.75) is 46.5 Å². The van der Waals surface area contributed by atoms with Crippen LogP contribution in [-0.2, 0) is 14.4 Å². The quantitative estimate of drug-likeness (QED) is 0.542. The lowest BCUT2D eigenvalue weighted by Gasteiger charge is -2.40. The van der Waals surface area contributed by atoms with E-state index < -0.39 is 16.6 Å². The molecule has 0 aromatic heterocycles. The maximum absolute atomic E-state index is 13.0. The van der Waals surface area contributed by atoms with E-state index in [0.29, 0.717) is 18.8 Å². The van der Waals surface area contributed by atoms with Gasteiger partial charge >= 0.3 is 0 Å². The highest BCUT2D eigenvalue weighted by Gasteiger charge is 2.73. The van der Waals surface area contributed by atoms with E-state index in [0.717, 1.165) is 25.9 Å². The van der Waals surface area contributed by atoms with Crippen LogP contribution in [0.3, 0.4) is 0 Å². The van der Waals surface area contributed by atoms with Crippen LogP contribution in [-0.4, -0.2) is 35.5 Å². The summed E-state index contributed by atoms with van der Waals surface area (Å²) >= 11 is 0. The Balaban J connectivity index is 1.93. The number of hydrogen-bond donors (Lipinski definition) is 0. The predicted molar refractivity (Wildman–Crippen MR) is 73.9 cm³/mol. The third-order valence-electron chi connectivity index (χ3n) is 6.14. The molecule has 0 aromatic carbocycles. The normalized spacial score (nSPS) is 36.8. The summed E-state index contributed by atoms with van der Waals surface area (Å²) in [4.78, 5) is 39.4. The van der Waals surface area contributed by atoms with Gasteiger partial charge in [-0.25, -0.2) is 0 Å². The number of carbonyl (C=O) groups excluding carboxylic acids is 3. The maximum Gasteiger partial charge on any atom is 0.237 e. The zero-order chi connectivity index (χ0) is 14.7. The van der Waals surface area contributed by atoms with E-state index in [2.05, 4.69) is 6.92 Å². The average molecular weight is 277 g/mol. The van der Waals surface area contributed by atoms with Crippen LogP contribution in [0.2, 0.25) is 0 Å². The molecule has 3 rings (SSSR count). The summed E-state index contributed by atoms with van der Waals surface area (Å²) in [5, 5.41) is 0. The molecule has 1 saturated heterocycles. The minimum absolute atomic E-state index is 0.0762. The van der Waals surface area contributed by atoms with Crippen molar-refractivity contribution in [2.75, 3.05) is 13.1 Å². The Morgan fingerprint density at radius 1 is 1.15 bits per heavy atom. The van der Waals surface area contributed by atoms with Crippen molar-refractivity contribution >= 4 is 17.5 Å². The molecule has 3 aliphatic rings. The molecule has 2 aliphatic carbocycles. The van der Waals surface area contributed by atoms with Gasteiger partial charge in [-0.05, 0) is 37.0 Å². The van der Waals surface area contributed by atoms with Gasteiger partial charge in [0.2, 0.25) is 17.5 Å². The molecule has 2 unspecified atom stereocenters. The average Bonchev–Trinajstić information content (AvgIpc) is 2.75. The Morgan fingerprint density at radius 3 is 2.25 bits per heavy atom. The number of carbonyl (C=O) groups is 3. The zero-order valence-corrected chi connectivity index (χ0v) is 12.6. The molecule has 110 valence electrons. The fraction of sp³-hybridized carbons (Fsp3) is 0.812. The molecule has 2 bridgehead atoms. The summed E-state index contributed by atoms with van der Waals surface area (Å²) in [6.07, 6.45) is 3.23. The van der Waals surface area contributed by atoms with Crippen LogP contribution in [0.4, 0.5) is 0 Å². The van der Waals surface area contributed by atoms with Crippen LogP contribution >= 0.6 is 0 Å². The monoisotopic (exact) mass is 277 g/mol. The number of likely N-dealkylation sites (tertiary alicyclic amines) is 1.